The van der Waals surface area contributed by atoms with Gasteiger partial charge in [-0.2, -0.15) is 0 Å². The van der Waals surface area contributed by atoms with E-state index in [1.807, 2.05) is 78.9 Å². The van der Waals surface area contributed by atoms with Gasteiger partial charge in [-0.25, -0.2) is 4.98 Å². The van der Waals surface area contributed by atoms with E-state index in [0.29, 0.717) is 17.1 Å². The highest BCUT2D eigenvalue weighted by Crippen LogP contribution is 2.26. The second-order valence-corrected chi connectivity index (χ2v) is 7.37. The largest absolute Gasteiger partial charge is 0.497 e. The summed E-state index contributed by atoms with van der Waals surface area (Å²) in [6.45, 7) is 0.540. The van der Waals surface area contributed by atoms with Crippen molar-refractivity contribution in [2.24, 2.45) is 0 Å². The van der Waals surface area contributed by atoms with Gasteiger partial charge in [0.05, 0.1) is 23.9 Å². The number of methoxy groups -OCH3 is 1. The van der Waals surface area contributed by atoms with Crippen molar-refractivity contribution < 1.29 is 9.53 Å². The lowest BCUT2D eigenvalue weighted by Crippen LogP contribution is -2.26. The van der Waals surface area contributed by atoms with E-state index in [1.54, 1.807) is 7.11 Å². The number of amides is 1. The van der Waals surface area contributed by atoms with E-state index in [9.17, 15) is 4.79 Å². The van der Waals surface area contributed by atoms with Crippen LogP contribution in [0.4, 0.5) is 0 Å². The summed E-state index contributed by atoms with van der Waals surface area (Å²) < 4.78 is 5.18. The van der Waals surface area contributed by atoms with Crippen LogP contribution in [0.5, 0.6) is 5.75 Å². The molecule has 0 unspecified atom stereocenters. The fraction of sp³-hybridized carbons (Fsp3) is 0.120. The molecule has 1 N–H and O–H groups in total. The van der Waals surface area contributed by atoms with Crippen LogP contribution in [-0.2, 0) is 6.42 Å². The molecule has 4 rings (SSSR count). The molecule has 30 heavy (non-hydrogen) atoms. The van der Waals surface area contributed by atoms with Crippen LogP contribution >= 0.6 is 11.6 Å². The molecular formula is C25H21ClN2O2. The molecule has 0 saturated carbocycles. The molecule has 0 atom stereocenters. The van der Waals surface area contributed by atoms with Gasteiger partial charge in [0.15, 0.2) is 0 Å². The van der Waals surface area contributed by atoms with Crippen LogP contribution in [0, 0.1) is 0 Å². The number of nitrogens with zero attached hydrogens (tertiary/aromatic N) is 1. The monoisotopic (exact) mass is 416 g/mol. The molecular weight excluding hydrogens is 396 g/mol. The zero-order valence-corrected chi connectivity index (χ0v) is 17.3. The van der Waals surface area contributed by atoms with Crippen molar-refractivity contribution >= 4 is 28.4 Å². The van der Waals surface area contributed by atoms with E-state index >= 15 is 0 Å². The molecule has 150 valence electrons. The second-order valence-electron chi connectivity index (χ2n) is 6.93. The maximum Gasteiger partial charge on any atom is 0.252 e. The quantitative estimate of drug-likeness (QED) is 0.449. The highest BCUT2D eigenvalue weighted by atomic mass is 35.5. The van der Waals surface area contributed by atoms with Gasteiger partial charge < -0.3 is 10.1 Å². The summed E-state index contributed by atoms with van der Waals surface area (Å²) in [6, 6.07) is 24.8. The van der Waals surface area contributed by atoms with Gasteiger partial charge >= 0.3 is 0 Å². The summed E-state index contributed by atoms with van der Waals surface area (Å²) >= 11 is 6.01. The number of nitrogens with one attached hydrogen (secondary N) is 1. The summed E-state index contributed by atoms with van der Waals surface area (Å²) in [6.07, 6.45) is 0.739. The van der Waals surface area contributed by atoms with Crippen LogP contribution in [0.1, 0.15) is 15.9 Å². The summed E-state index contributed by atoms with van der Waals surface area (Å²) in [5.74, 6) is 0.707. The van der Waals surface area contributed by atoms with Crippen molar-refractivity contribution in [1.29, 1.82) is 0 Å². The molecule has 0 aliphatic heterocycles. The molecule has 3 aromatic carbocycles. The SMILES string of the molecule is COc1ccc(CCNC(=O)c2cc(-c3ccc(Cl)cc3)nc3ccccc23)cc1. The number of aromatic nitrogens is 1. The first-order chi connectivity index (χ1) is 14.6. The summed E-state index contributed by atoms with van der Waals surface area (Å²) in [4.78, 5) is 17.7. The molecule has 4 aromatic rings. The number of hydrogen-bond acceptors (Lipinski definition) is 3. The number of rotatable bonds is 6. The van der Waals surface area contributed by atoms with Crippen LogP contribution in [0.2, 0.25) is 5.02 Å². The molecule has 1 heterocycles. The predicted octanol–water partition coefficient (Wildman–Crippen LogP) is 5.54. The molecule has 1 amide bonds. The second kappa shape index (κ2) is 8.97. The Kier molecular flexibility index (Phi) is 5.96. The third kappa shape index (κ3) is 4.44. The van der Waals surface area contributed by atoms with Crippen molar-refractivity contribution in [1.82, 2.24) is 10.3 Å². The van der Waals surface area contributed by atoms with Crippen molar-refractivity contribution in [2.75, 3.05) is 13.7 Å². The van der Waals surface area contributed by atoms with Crippen LogP contribution < -0.4 is 10.1 Å². The Morgan fingerprint density at radius 1 is 1.00 bits per heavy atom. The third-order valence-electron chi connectivity index (χ3n) is 4.96. The highest BCUT2D eigenvalue weighted by Gasteiger charge is 2.13. The number of benzene rings is 3. The Bertz CT molecular complexity index is 1170. The van der Waals surface area contributed by atoms with E-state index in [2.05, 4.69) is 5.32 Å². The number of ether oxygens (including phenoxy) is 1. The number of para-hydroxylation sites is 1. The number of hydrogen-bond donors (Lipinski definition) is 1. The Balaban J connectivity index is 1.56. The molecule has 0 aliphatic rings. The molecule has 5 heteroatoms. The van der Waals surface area contributed by atoms with Gasteiger partial charge in [-0.15, -0.1) is 0 Å². The average Bonchev–Trinajstić information content (AvgIpc) is 2.79. The van der Waals surface area contributed by atoms with Gasteiger partial charge in [-0.1, -0.05) is 54.1 Å². The Morgan fingerprint density at radius 3 is 2.47 bits per heavy atom. The first-order valence-electron chi connectivity index (χ1n) is 9.71. The topological polar surface area (TPSA) is 51.2 Å². The zero-order chi connectivity index (χ0) is 20.9. The van der Waals surface area contributed by atoms with E-state index < -0.39 is 0 Å². The lowest BCUT2D eigenvalue weighted by atomic mass is 10.0. The molecule has 1 aromatic heterocycles. The summed E-state index contributed by atoms with van der Waals surface area (Å²) in [5, 5.41) is 4.53. The molecule has 0 spiro atoms. The average molecular weight is 417 g/mol. The van der Waals surface area contributed by atoms with Gasteiger partial charge in [0, 0.05) is 22.5 Å². The van der Waals surface area contributed by atoms with Gasteiger partial charge in [-0.3, -0.25) is 4.79 Å². The first-order valence-corrected chi connectivity index (χ1v) is 10.1. The maximum atomic E-state index is 13.0. The van der Waals surface area contributed by atoms with Gasteiger partial charge in [-0.05, 0) is 48.4 Å². The summed E-state index contributed by atoms with van der Waals surface area (Å²) in [7, 11) is 1.65. The smallest absolute Gasteiger partial charge is 0.252 e. The number of pyridine rings is 1. The standard InChI is InChI=1S/C25H21ClN2O2/c1-30-20-12-6-17(7-13-20)14-15-27-25(29)22-16-24(18-8-10-19(26)11-9-18)28-23-5-3-2-4-21(22)23/h2-13,16H,14-15H2,1H3,(H,27,29). The number of halogens is 1. The fourth-order valence-electron chi connectivity index (χ4n) is 3.34. The van der Waals surface area contributed by atoms with Crippen LogP contribution in [0.25, 0.3) is 22.2 Å². The van der Waals surface area contributed by atoms with Crippen LogP contribution in [0.3, 0.4) is 0 Å². The number of fused-ring (bicyclic) bond motifs is 1. The normalized spacial score (nSPS) is 10.7. The third-order valence-corrected chi connectivity index (χ3v) is 5.21. The lowest BCUT2D eigenvalue weighted by Gasteiger charge is -2.11. The Hall–Kier alpha value is -3.37. The molecule has 0 radical (unpaired) electrons. The molecule has 4 nitrogen and oxygen atoms in total. The molecule has 0 aliphatic carbocycles. The van der Waals surface area contributed by atoms with E-state index in [-0.39, 0.29) is 5.91 Å². The zero-order valence-electron chi connectivity index (χ0n) is 16.6. The Labute approximate surface area is 180 Å². The highest BCUT2D eigenvalue weighted by molar-refractivity contribution is 6.30. The minimum Gasteiger partial charge on any atom is -0.497 e. The lowest BCUT2D eigenvalue weighted by molar-refractivity contribution is 0.0955. The summed E-state index contributed by atoms with van der Waals surface area (Å²) in [5.41, 5.74) is 4.19. The predicted molar refractivity (Wildman–Crippen MR) is 121 cm³/mol. The van der Waals surface area contributed by atoms with Crippen molar-refractivity contribution in [3.05, 3.63) is 95.0 Å². The van der Waals surface area contributed by atoms with Gasteiger partial charge in [0.1, 0.15) is 5.75 Å². The van der Waals surface area contributed by atoms with Crippen molar-refractivity contribution in [2.45, 2.75) is 6.42 Å². The molecule has 0 bridgehead atoms. The van der Waals surface area contributed by atoms with Crippen LogP contribution in [-0.4, -0.2) is 24.5 Å². The first kappa shape index (κ1) is 19.9. The number of carbonyl (C=O) groups is 1. The molecule has 0 fully saturated rings. The number of carbonyl (C=O) groups excluding carboxylic acids is 1. The van der Waals surface area contributed by atoms with Gasteiger partial charge in [0.25, 0.3) is 5.91 Å². The fourth-order valence-corrected chi connectivity index (χ4v) is 3.47. The minimum atomic E-state index is -0.114. The molecule has 0 saturated heterocycles. The maximum absolute atomic E-state index is 13.0. The van der Waals surface area contributed by atoms with E-state index in [4.69, 9.17) is 21.3 Å². The van der Waals surface area contributed by atoms with Crippen molar-refractivity contribution in [3.8, 4) is 17.0 Å². The minimum absolute atomic E-state index is 0.114. The van der Waals surface area contributed by atoms with Crippen LogP contribution in [0.15, 0.2) is 78.9 Å². The van der Waals surface area contributed by atoms with Gasteiger partial charge in [0.2, 0.25) is 0 Å². The van der Waals surface area contributed by atoms with Crippen molar-refractivity contribution in [3.63, 3.8) is 0 Å². The Morgan fingerprint density at radius 2 is 1.73 bits per heavy atom. The van der Waals surface area contributed by atoms with E-state index in [0.717, 1.165) is 39.9 Å². The van der Waals surface area contributed by atoms with E-state index in [1.165, 1.54) is 0 Å².